The molecule has 0 fully saturated rings. The molecule has 0 bridgehead atoms. The molecule has 0 N–H and O–H groups in total. The Balaban J connectivity index is 0.000000720. The molecule has 1 aromatic carbocycles. The molecule has 3 heteroatoms. The molecule has 0 aliphatic heterocycles. The zero-order valence-corrected chi connectivity index (χ0v) is 11.0. The summed E-state index contributed by atoms with van der Waals surface area (Å²) in [6.07, 6.45) is 0. The fourth-order valence-electron chi connectivity index (χ4n) is 1.04. The molecule has 1 aromatic heterocycles. The van der Waals surface area contributed by atoms with E-state index in [0.717, 1.165) is 10.1 Å². The normalized spacial score (nSPS) is 9.42. The van der Waals surface area contributed by atoms with E-state index in [2.05, 4.69) is 27.0 Å². The zero-order valence-electron chi connectivity index (χ0n) is 6.50. The van der Waals surface area contributed by atoms with E-state index in [1.54, 1.807) is 0 Å². The Morgan fingerprint density at radius 3 is 2.58 bits per heavy atom. The molecular formula is C9H6BrNZn. The van der Waals surface area contributed by atoms with Gasteiger partial charge in [-0.05, 0) is 28.1 Å². The summed E-state index contributed by atoms with van der Waals surface area (Å²) in [5.74, 6) is 0. The number of para-hydroxylation sites is 1. The van der Waals surface area contributed by atoms with Gasteiger partial charge in [-0.1, -0.05) is 24.3 Å². The largest absolute Gasteiger partial charge is 0.241 e. The van der Waals surface area contributed by atoms with Crippen molar-refractivity contribution in [3.63, 3.8) is 0 Å². The van der Waals surface area contributed by atoms with E-state index in [9.17, 15) is 0 Å². The average Bonchev–Trinajstić information content (AvgIpc) is 2.04. The van der Waals surface area contributed by atoms with Crippen molar-refractivity contribution in [2.75, 3.05) is 0 Å². The van der Waals surface area contributed by atoms with Crippen LogP contribution in [0, 0.1) is 0 Å². The van der Waals surface area contributed by atoms with Crippen LogP contribution in [0.4, 0.5) is 0 Å². The zero-order chi connectivity index (χ0) is 7.68. The number of benzene rings is 1. The number of nitrogens with zero attached hydrogens (tertiary/aromatic N) is 1. The molecule has 2 rings (SSSR count). The number of hydrogen-bond donors (Lipinski definition) is 0. The molecule has 0 amide bonds. The molecule has 0 spiro atoms. The first-order valence-corrected chi connectivity index (χ1v) is 4.17. The van der Waals surface area contributed by atoms with Crippen LogP contribution < -0.4 is 0 Å². The minimum absolute atomic E-state index is 0. The van der Waals surface area contributed by atoms with Crippen LogP contribution in [0.2, 0.25) is 0 Å². The number of hydrogen-bond acceptors (Lipinski definition) is 1. The molecule has 12 heavy (non-hydrogen) atoms. The van der Waals surface area contributed by atoms with E-state index in [4.69, 9.17) is 0 Å². The van der Waals surface area contributed by atoms with Crippen LogP contribution >= 0.6 is 15.9 Å². The first-order chi connectivity index (χ1) is 5.36. The monoisotopic (exact) mass is 271 g/mol. The number of fused-ring (bicyclic) bond motifs is 1. The maximum atomic E-state index is 4.29. The van der Waals surface area contributed by atoms with E-state index < -0.39 is 0 Å². The molecule has 0 saturated heterocycles. The van der Waals surface area contributed by atoms with Crippen LogP contribution in [-0.2, 0) is 19.5 Å². The van der Waals surface area contributed by atoms with Crippen LogP contribution in [0.15, 0.2) is 41.0 Å². The summed E-state index contributed by atoms with van der Waals surface area (Å²) in [4.78, 5) is 4.29. The third-order valence-electron chi connectivity index (χ3n) is 1.56. The minimum Gasteiger partial charge on any atom is -0.241 e. The van der Waals surface area contributed by atoms with Gasteiger partial charge in [0.05, 0.1) is 5.52 Å². The van der Waals surface area contributed by atoms with Crippen molar-refractivity contribution in [3.8, 4) is 0 Å². The van der Waals surface area contributed by atoms with Crippen LogP contribution in [0.3, 0.4) is 0 Å². The standard InChI is InChI=1S/C9H6BrN.Zn/c10-9-6-5-7-3-1-2-4-8(7)11-9;/h1-6H;. The molecule has 2 aromatic rings. The molecule has 56 valence electrons. The fourth-order valence-corrected chi connectivity index (χ4v) is 1.36. The van der Waals surface area contributed by atoms with Crippen molar-refractivity contribution in [1.29, 1.82) is 0 Å². The van der Waals surface area contributed by atoms with E-state index >= 15 is 0 Å². The second-order valence-electron chi connectivity index (χ2n) is 2.33. The van der Waals surface area contributed by atoms with Gasteiger partial charge in [-0.25, -0.2) is 4.98 Å². The second kappa shape index (κ2) is 4.11. The summed E-state index contributed by atoms with van der Waals surface area (Å²) < 4.78 is 0.885. The maximum absolute atomic E-state index is 4.29. The van der Waals surface area contributed by atoms with Crippen LogP contribution in [0.1, 0.15) is 0 Å². The van der Waals surface area contributed by atoms with Gasteiger partial charge in [0.15, 0.2) is 0 Å². The molecule has 0 radical (unpaired) electrons. The Bertz CT molecular complexity index is 389. The Morgan fingerprint density at radius 2 is 1.75 bits per heavy atom. The van der Waals surface area contributed by atoms with Crippen molar-refractivity contribution in [3.05, 3.63) is 41.0 Å². The van der Waals surface area contributed by atoms with Crippen molar-refractivity contribution >= 4 is 26.8 Å². The van der Waals surface area contributed by atoms with Crippen molar-refractivity contribution in [1.82, 2.24) is 4.98 Å². The SMILES string of the molecule is Brc1ccc2ccccc2n1.[Zn]. The Labute approximate surface area is 92.1 Å². The van der Waals surface area contributed by atoms with Crippen molar-refractivity contribution in [2.45, 2.75) is 0 Å². The van der Waals surface area contributed by atoms with Gasteiger partial charge in [-0.2, -0.15) is 0 Å². The van der Waals surface area contributed by atoms with E-state index in [-0.39, 0.29) is 19.5 Å². The molecule has 0 unspecified atom stereocenters. The molecule has 0 atom stereocenters. The number of rotatable bonds is 0. The number of halogens is 1. The van der Waals surface area contributed by atoms with Gasteiger partial charge < -0.3 is 0 Å². The summed E-state index contributed by atoms with van der Waals surface area (Å²) in [7, 11) is 0. The summed E-state index contributed by atoms with van der Waals surface area (Å²) in [6, 6.07) is 12.0. The molecule has 1 heterocycles. The third kappa shape index (κ3) is 1.91. The first-order valence-electron chi connectivity index (χ1n) is 3.37. The average molecular weight is 273 g/mol. The first kappa shape index (κ1) is 9.82. The van der Waals surface area contributed by atoms with E-state index in [1.165, 1.54) is 5.39 Å². The minimum atomic E-state index is 0. The van der Waals surface area contributed by atoms with Gasteiger partial charge in [-0.15, -0.1) is 0 Å². The summed E-state index contributed by atoms with van der Waals surface area (Å²) >= 11 is 3.32. The third-order valence-corrected chi connectivity index (χ3v) is 2.01. The predicted octanol–water partition coefficient (Wildman–Crippen LogP) is 2.99. The number of aromatic nitrogens is 1. The smallest absolute Gasteiger partial charge is 0.106 e. The topological polar surface area (TPSA) is 12.9 Å². The molecular weight excluding hydrogens is 267 g/mol. The second-order valence-corrected chi connectivity index (χ2v) is 3.14. The van der Waals surface area contributed by atoms with E-state index in [1.807, 2.05) is 30.3 Å². The maximum Gasteiger partial charge on any atom is 0.106 e. The van der Waals surface area contributed by atoms with Crippen molar-refractivity contribution < 1.29 is 19.5 Å². The van der Waals surface area contributed by atoms with Crippen LogP contribution in [0.5, 0.6) is 0 Å². The fraction of sp³-hybridized carbons (Fsp3) is 0. The van der Waals surface area contributed by atoms with Gasteiger partial charge in [-0.3, -0.25) is 0 Å². The van der Waals surface area contributed by atoms with Gasteiger partial charge in [0.25, 0.3) is 0 Å². The van der Waals surface area contributed by atoms with Crippen LogP contribution in [0.25, 0.3) is 10.9 Å². The van der Waals surface area contributed by atoms with Gasteiger partial charge in [0.2, 0.25) is 0 Å². The van der Waals surface area contributed by atoms with Crippen molar-refractivity contribution in [2.24, 2.45) is 0 Å². The Hall–Kier alpha value is -0.267. The molecule has 0 aliphatic carbocycles. The predicted molar refractivity (Wildman–Crippen MR) is 49.4 cm³/mol. The Kier molecular flexibility index (Phi) is 3.36. The summed E-state index contributed by atoms with van der Waals surface area (Å²) in [6.45, 7) is 0. The van der Waals surface area contributed by atoms with E-state index in [0.29, 0.717) is 0 Å². The Morgan fingerprint density at radius 1 is 1.00 bits per heavy atom. The van der Waals surface area contributed by atoms with Gasteiger partial charge in [0, 0.05) is 24.9 Å². The summed E-state index contributed by atoms with van der Waals surface area (Å²) in [5.41, 5.74) is 1.03. The quantitative estimate of drug-likeness (QED) is 0.531. The summed E-state index contributed by atoms with van der Waals surface area (Å²) in [5, 5.41) is 1.18. The molecule has 0 aliphatic rings. The number of pyridine rings is 1. The van der Waals surface area contributed by atoms with Gasteiger partial charge in [0.1, 0.15) is 4.60 Å². The van der Waals surface area contributed by atoms with Gasteiger partial charge >= 0.3 is 0 Å². The molecule has 1 nitrogen and oxygen atoms in total. The molecule has 0 saturated carbocycles. The van der Waals surface area contributed by atoms with Crippen LogP contribution in [-0.4, -0.2) is 4.98 Å².